The van der Waals surface area contributed by atoms with Crippen LogP contribution in [0.4, 0.5) is 0 Å². The van der Waals surface area contributed by atoms with Crippen molar-refractivity contribution in [3.8, 4) is 11.5 Å². The smallest absolute Gasteiger partial charge is 0.165 e. The van der Waals surface area contributed by atoms with Crippen molar-refractivity contribution in [1.82, 2.24) is 20.5 Å². The second-order valence-electron chi connectivity index (χ2n) is 4.01. The minimum absolute atomic E-state index is 0.717. The molecule has 6 nitrogen and oxygen atoms in total. The van der Waals surface area contributed by atoms with E-state index in [0.717, 1.165) is 35.9 Å². The fourth-order valence-corrected chi connectivity index (χ4v) is 1.87. The van der Waals surface area contributed by atoms with Crippen molar-refractivity contribution in [2.75, 3.05) is 20.8 Å². The van der Waals surface area contributed by atoms with Gasteiger partial charge in [-0.3, -0.25) is 5.10 Å². The van der Waals surface area contributed by atoms with Crippen LogP contribution in [-0.2, 0) is 13.0 Å². The van der Waals surface area contributed by atoms with Gasteiger partial charge in [-0.25, -0.2) is 4.98 Å². The molecule has 0 aliphatic heterocycles. The lowest BCUT2D eigenvalue weighted by atomic mass is 10.2. The highest BCUT2D eigenvalue weighted by Crippen LogP contribution is 2.30. The van der Waals surface area contributed by atoms with Gasteiger partial charge in [0.25, 0.3) is 0 Å². The molecular weight excluding hydrogens is 244 g/mol. The van der Waals surface area contributed by atoms with Gasteiger partial charge in [-0.15, -0.1) is 0 Å². The number of methoxy groups -OCH3 is 2. The van der Waals surface area contributed by atoms with Crippen molar-refractivity contribution in [3.05, 3.63) is 35.9 Å². The molecule has 1 heterocycles. The second-order valence-corrected chi connectivity index (χ2v) is 4.01. The topological polar surface area (TPSA) is 72.1 Å². The van der Waals surface area contributed by atoms with E-state index in [4.69, 9.17) is 9.47 Å². The first kappa shape index (κ1) is 13.4. The molecule has 0 fully saturated rings. The average Bonchev–Trinajstić information content (AvgIpc) is 2.96. The van der Waals surface area contributed by atoms with Gasteiger partial charge in [-0.05, 0) is 6.07 Å². The van der Waals surface area contributed by atoms with Crippen molar-refractivity contribution < 1.29 is 9.47 Å². The van der Waals surface area contributed by atoms with Crippen LogP contribution in [0, 0.1) is 0 Å². The Bertz CT molecular complexity index is 499. The maximum atomic E-state index is 5.38. The number of hydrogen-bond donors (Lipinski definition) is 2. The van der Waals surface area contributed by atoms with E-state index in [1.54, 1.807) is 14.2 Å². The molecule has 0 radical (unpaired) electrons. The summed E-state index contributed by atoms with van der Waals surface area (Å²) < 4.78 is 10.6. The summed E-state index contributed by atoms with van der Waals surface area (Å²) in [4.78, 5) is 4.07. The fourth-order valence-electron chi connectivity index (χ4n) is 1.87. The lowest BCUT2D eigenvalue weighted by molar-refractivity contribution is 0.350. The van der Waals surface area contributed by atoms with Gasteiger partial charge in [0.15, 0.2) is 11.5 Å². The van der Waals surface area contributed by atoms with Crippen LogP contribution in [0.2, 0.25) is 0 Å². The van der Waals surface area contributed by atoms with Crippen LogP contribution in [0.3, 0.4) is 0 Å². The van der Waals surface area contributed by atoms with Gasteiger partial charge in [-0.1, -0.05) is 12.1 Å². The lowest BCUT2D eigenvalue weighted by Gasteiger charge is -2.12. The van der Waals surface area contributed by atoms with Crippen LogP contribution in [0.15, 0.2) is 24.5 Å². The summed E-state index contributed by atoms with van der Waals surface area (Å²) in [5, 5.41) is 9.98. The molecule has 0 saturated heterocycles. The predicted molar refractivity (Wildman–Crippen MR) is 71.3 cm³/mol. The number of para-hydroxylation sites is 1. The zero-order valence-electron chi connectivity index (χ0n) is 11.1. The molecule has 0 atom stereocenters. The molecular formula is C13H18N4O2. The highest BCUT2D eigenvalue weighted by Gasteiger charge is 2.08. The number of ether oxygens (including phenoxy) is 2. The van der Waals surface area contributed by atoms with Gasteiger partial charge in [-0.2, -0.15) is 5.10 Å². The fraction of sp³-hybridized carbons (Fsp3) is 0.385. The van der Waals surface area contributed by atoms with Crippen LogP contribution in [-0.4, -0.2) is 35.9 Å². The number of nitrogens with one attached hydrogen (secondary N) is 2. The Labute approximate surface area is 112 Å². The molecule has 0 amide bonds. The molecule has 1 aromatic heterocycles. The first-order valence-electron chi connectivity index (χ1n) is 6.10. The molecule has 102 valence electrons. The Morgan fingerprint density at radius 2 is 2.16 bits per heavy atom. The van der Waals surface area contributed by atoms with Crippen molar-refractivity contribution in [2.24, 2.45) is 0 Å². The number of H-pyrrole nitrogens is 1. The minimum Gasteiger partial charge on any atom is -0.493 e. The molecule has 0 spiro atoms. The van der Waals surface area contributed by atoms with Crippen LogP contribution in [0.5, 0.6) is 11.5 Å². The molecule has 0 saturated carbocycles. The molecule has 0 bridgehead atoms. The highest BCUT2D eigenvalue weighted by atomic mass is 16.5. The monoisotopic (exact) mass is 262 g/mol. The Morgan fingerprint density at radius 1 is 1.26 bits per heavy atom. The molecule has 2 rings (SSSR count). The number of hydrogen-bond acceptors (Lipinski definition) is 5. The van der Waals surface area contributed by atoms with Crippen molar-refractivity contribution in [1.29, 1.82) is 0 Å². The average molecular weight is 262 g/mol. The molecule has 1 aromatic carbocycles. The number of aromatic nitrogens is 3. The van der Waals surface area contributed by atoms with Crippen molar-refractivity contribution in [3.63, 3.8) is 0 Å². The molecule has 0 aliphatic carbocycles. The van der Waals surface area contributed by atoms with Crippen LogP contribution >= 0.6 is 0 Å². The molecule has 0 unspecified atom stereocenters. The second kappa shape index (κ2) is 6.75. The van der Waals surface area contributed by atoms with E-state index in [1.807, 2.05) is 18.2 Å². The van der Waals surface area contributed by atoms with E-state index < -0.39 is 0 Å². The maximum absolute atomic E-state index is 5.38. The quantitative estimate of drug-likeness (QED) is 0.732. The Hall–Kier alpha value is -2.08. The van der Waals surface area contributed by atoms with Crippen LogP contribution in [0.25, 0.3) is 0 Å². The SMILES string of the molecule is COc1cccc(CNCCc2ncn[nH]2)c1OC. The first-order valence-corrected chi connectivity index (χ1v) is 6.10. The zero-order chi connectivity index (χ0) is 13.5. The molecule has 0 aliphatic rings. The lowest BCUT2D eigenvalue weighted by Crippen LogP contribution is -2.17. The normalized spacial score (nSPS) is 10.4. The van der Waals surface area contributed by atoms with Gasteiger partial charge in [0.2, 0.25) is 0 Å². The van der Waals surface area contributed by atoms with Gasteiger partial charge < -0.3 is 14.8 Å². The van der Waals surface area contributed by atoms with Gasteiger partial charge in [0.1, 0.15) is 12.2 Å². The summed E-state index contributed by atoms with van der Waals surface area (Å²) in [5.74, 6) is 2.40. The summed E-state index contributed by atoms with van der Waals surface area (Å²) >= 11 is 0. The molecule has 2 N–H and O–H groups in total. The molecule has 19 heavy (non-hydrogen) atoms. The van der Waals surface area contributed by atoms with Gasteiger partial charge in [0.05, 0.1) is 14.2 Å². The summed E-state index contributed by atoms with van der Waals surface area (Å²) in [7, 11) is 3.29. The van der Waals surface area contributed by atoms with E-state index in [9.17, 15) is 0 Å². The highest BCUT2D eigenvalue weighted by molar-refractivity contribution is 5.46. The van der Waals surface area contributed by atoms with Gasteiger partial charge >= 0.3 is 0 Å². The molecule has 6 heteroatoms. The largest absolute Gasteiger partial charge is 0.493 e. The van der Waals surface area contributed by atoms with E-state index >= 15 is 0 Å². The van der Waals surface area contributed by atoms with E-state index in [1.165, 1.54) is 6.33 Å². The van der Waals surface area contributed by atoms with Crippen LogP contribution < -0.4 is 14.8 Å². The summed E-state index contributed by atoms with van der Waals surface area (Å²) in [5.41, 5.74) is 1.07. The summed E-state index contributed by atoms with van der Waals surface area (Å²) in [6.07, 6.45) is 2.33. The Morgan fingerprint density at radius 3 is 2.84 bits per heavy atom. The standard InChI is InChI=1S/C13H18N4O2/c1-18-11-5-3-4-10(13(11)19-2)8-14-7-6-12-15-9-16-17-12/h3-5,9,14H,6-8H2,1-2H3,(H,15,16,17). The first-order chi connectivity index (χ1) is 9.35. The minimum atomic E-state index is 0.717. The van der Waals surface area contributed by atoms with Crippen molar-refractivity contribution in [2.45, 2.75) is 13.0 Å². The summed E-state index contributed by atoms with van der Waals surface area (Å²) in [6.45, 7) is 1.53. The summed E-state index contributed by atoms with van der Waals surface area (Å²) in [6, 6.07) is 5.86. The van der Waals surface area contributed by atoms with Crippen molar-refractivity contribution >= 4 is 0 Å². The number of aromatic amines is 1. The number of nitrogens with zero attached hydrogens (tertiary/aromatic N) is 2. The Kier molecular flexibility index (Phi) is 4.74. The van der Waals surface area contributed by atoms with Crippen LogP contribution in [0.1, 0.15) is 11.4 Å². The third-order valence-electron chi connectivity index (χ3n) is 2.80. The number of rotatable bonds is 7. The Balaban J connectivity index is 1.88. The van der Waals surface area contributed by atoms with Gasteiger partial charge in [0, 0.05) is 25.1 Å². The third kappa shape index (κ3) is 3.45. The van der Waals surface area contributed by atoms with E-state index in [0.29, 0.717) is 6.54 Å². The molecule has 2 aromatic rings. The van der Waals surface area contributed by atoms with E-state index in [2.05, 4.69) is 20.5 Å². The zero-order valence-corrected chi connectivity index (χ0v) is 11.1. The number of benzene rings is 1. The van der Waals surface area contributed by atoms with E-state index in [-0.39, 0.29) is 0 Å². The maximum Gasteiger partial charge on any atom is 0.165 e. The predicted octanol–water partition coefficient (Wildman–Crippen LogP) is 1.15. The third-order valence-corrected chi connectivity index (χ3v) is 2.80.